The second kappa shape index (κ2) is 11.3. The van der Waals surface area contributed by atoms with E-state index in [-0.39, 0.29) is 0 Å². The van der Waals surface area contributed by atoms with Crippen LogP contribution in [0.5, 0.6) is 0 Å². The Morgan fingerprint density at radius 1 is 0.875 bits per heavy atom. The zero-order valence-electron chi connectivity index (χ0n) is 15.5. The molecule has 1 heteroatoms. The van der Waals surface area contributed by atoms with Gasteiger partial charge in [0.05, 0.1) is 13.2 Å². The molecule has 0 heterocycles. The van der Waals surface area contributed by atoms with Crippen LogP contribution in [-0.4, -0.2) is 6.61 Å². The van der Waals surface area contributed by atoms with Gasteiger partial charge >= 0.3 is 0 Å². The Labute approximate surface area is 148 Å². The summed E-state index contributed by atoms with van der Waals surface area (Å²) in [6, 6.07) is 9.13. The molecule has 0 unspecified atom stereocenters. The standard InChI is InChI=1S/C23H34O/c1-3-5-7-9-20-10-14-22(15-11-20)23-16-12-21(13-17-23)19-24-18-8-6-4-2/h5-8,12-13,16-17,20,22H,3-4,9-11,14-15,18-19H2,1-2H3. The fourth-order valence-electron chi connectivity index (χ4n) is 3.55. The van der Waals surface area contributed by atoms with Crippen LogP contribution in [0.3, 0.4) is 0 Å². The Balaban J connectivity index is 1.73. The molecule has 0 spiro atoms. The Kier molecular flexibility index (Phi) is 8.91. The maximum absolute atomic E-state index is 5.67. The average Bonchev–Trinajstić information content (AvgIpc) is 2.63. The third-order valence-electron chi connectivity index (χ3n) is 5.05. The molecule has 0 atom stereocenters. The molecular formula is C23H34O. The van der Waals surface area contributed by atoms with Gasteiger partial charge in [0.15, 0.2) is 0 Å². The van der Waals surface area contributed by atoms with Crippen molar-refractivity contribution in [3.8, 4) is 0 Å². The first-order valence-electron chi connectivity index (χ1n) is 9.80. The van der Waals surface area contributed by atoms with Crippen LogP contribution < -0.4 is 0 Å². The molecule has 24 heavy (non-hydrogen) atoms. The minimum Gasteiger partial charge on any atom is -0.373 e. The molecule has 1 nitrogen and oxygen atoms in total. The molecule has 0 amide bonds. The number of benzene rings is 1. The summed E-state index contributed by atoms with van der Waals surface area (Å²) in [7, 11) is 0. The van der Waals surface area contributed by atoms with Gasteiger partial charge < -0.3 is 4.74 Å². The lowest BCUT2D eigenvalue weighted by atomic mass is 9.77. The first-order valence-corrected chi connectivity index (χ1v) is 9.80. The monoisotopic (exact) mass is 326 g/mol. The van der Waals surface area contributed by atoms with Crippen LogP contribution in [-0.2, 0) is 11.3 Å². The van der Waals surface area contributed by atoms with E-state index in [9.17, 15) is 0 Å². The lowest BCUT2D eigenvalue weighted by molar-refractivity contribution is 0.148. The van der Waals surface area contributed by atoms with Crippen molar-refractivity contribution < 1.29 is 4.74 Å². The fraction of sp³-hybridized carbons (Fsp3) is 0.565. The second-order valence-corrected chi connectivity index (χ2v) is 6.97. The van der Waals surface area contributed by atoms with Crippen LogP contribution >= 0.6 is 0 Å². The lowest BCUT2D eigenvalue weighted by Crippen LogP contribution is -2.12. The number of rotatable bonds is 9. The summed E-state index contributed by atoms with van der Waals surface area (Å²) in [6.07, 6.45) is 17.9. The summed E-state index contributed by atoms with van der Waals surface area (Å²) in [5.74, 6) is 1.67. The van der Waals surface area contributed by atoms with Crippen molar-refractivity contribution in [2.24, 2.45) is 5.92 Å². The highest BCUT2D eigenvalue weighted by Gasteiger charge is 2.21. The van der Waals surface area contributed by atoms with Gasteiger partial charge in [0.2, 0.25) is 0 Å². The Bertz CT molecular complexity index is 489. The molecule has 1 aliphatic carbocycles. The molecule has 2 rings (SSSR count). The van der Waals surface area contributed by atoms with E-state index in [1.165, 1.54) is 49.7 Å². The van der Waals surface area contributed by atoms with Crippen molar-refractivity contribution in [1.82, 2.24) is 0 Å². The number of ether oxygens (including phenoxy) is 1. The molecule has 1 aromatic rings. The summed E-state index contributed by atoms with van der Waals surface area (Å²) in [5, 5.41) is 0. The van der Waals surface area contributed by atoms with Crippen LogP contribution in [0.25, 0.3) is 0 Å². The highest BCUT2D eigenvalue weighted by molar-refractivity contribution is 5.25. The van der Waals surface area contributed by atoms with E-state index in [2.05, 4.69) is 62.4 Å². The SMILES string of the molecule is CCC=CCOCc1ccc(C2CCC(CC=CCC)CC2)cc1. The normalized spacial score (nSPS) is 21.8. The predicted octanol–water partition coefficient (Wildman–Crippen LogP) is 6.80. The molecule has 0 radical (unpaired) electrons. The van der Waals surface area contributed by atoms with Crippen LogP contribution in [0.15, 0.2) is 48.6 Å². The van der Waals surface area contributed by atoms with Crippen LogP contribution in [0, 0.1) is 5.92 Å². The maximum Gasteiger partial charge on any atom is 0.0721 e. The molecule has 0 saturated heterocycles. The number of allylic oxidation sites excluding steroid dienone is 3. The minimum atomic E-state index is 0.713. The first kappa shape index (κ1) is 19.0. The lowest BCUT2D eigenvalue weighted by Gasteiger charge is -2.28. The van der Waals surface area contributed by atoms with E-state index < -0.39 is 0 Å². The third-order valence-corrected chi connectivity index (χ3v) is 5.05. The van der Waals surface area contributed by atoms with Gasteiger partial charge in [0, 0.05) is 0 Å². The zero-order valence-corrected chi connectivity index (χ0v) is 15.5. The van der Waals surface area contributed by atoms with Crippen molar-refractivity contribution in [3.05, 3.63) is 59.7 Å². The molecule has 1 fully saturated rings. The van der Waals surface area contributed by atoms with E-state index in [1.807, 2.05) is 0 Å². The van der Waals surface area contributed by atoms with E-state index in [0.717, 1.165) is 18.3 Å². The molecule has 1 saturated carbocycles. The van der Waals surface area contributed by atoms with Gasteiger partial charge in [-0.1, -0.05) is 62.4 Å². The number of hydrogen-bond acceptors (Lipinski definition) is 1. The minimum absolute atomic E-state index is 0.713. The van der Waals surface area contributed by atoms with Gasteiger partial charge in [-0.25, -0.2) is 0 Å². The van der Waals surface area contributed by atoms with E-state index in [1.54, 1.807) is 0 Å². The summed E-state index contributed by atoms with van der Waals surface area (Å²) in [4.78, 5) is 0. The largest absolute Gasteiger partial charge is 0.373 e. The zero-order chi connectivity index (χ0) is 17.0. The van der Waals surface area contributed by atoms with Crippen molar-refractivity contribution in [2.45, 2.75) is 71.3 Å². The van der Waals surface area contributed by atoms with Crippen molar-refractivity contribution in [1.29, 1.82) is 0 Å². The predicted molar refractivity (Wildman–Crippen MR) is 104 cm³/mol. The van der Waals surface area contributed by atoms with E-state index >= 15 is 0 Å². The molecule has 0 aromatic heterocycles. The van der Waals surface area contributed by atoms with E-state index in [4.69, 9.17) is 4.74 Å². The molecule has 0 N–H and O–H groups in total. The summed E-state index contributed by atoms with van der Waals surface area (Å²) in [5.41, 5.74) is 2.80. The Hall–Kier alpha value is -1.34. The molecular weight excluding hydrogens is 292 g/mol. The first-order chi connectivity index (χ1) is 11.8. The molecule has 1 aromatic carbocycles. The van der Waals surface area contributed by atoms with Gasteiger partial charge in [0.1, 0.15) is 0 Å². The topological polar surface area (TPSA) is 9.23 Å². The van der Waals surface area contributed by atoms with Crippen LogP contribution in [0.4, 0.5) is 0 Å². The Morgan fingerprint density at radius 3 is 2.21 bits per heavy atom. The van der Waals surface area contributed by atoms with E-state index in [0.29, 0.717) is 13.2 Å². The van der Waals surface area contributed by atoms with Crippen LogP contribution in [0.2, 0.25) is 0 Å². The van der Waals surface area contributed by atoms with Crippen LogP contribution in [0.1, 0.15) is 75.8 Å². The highest BCUT2D eigenvalue weighted by Crippen LogP contribution is 2.37. The molecule has 132 valence electrons. The quantitative estimate of drug-likeness (QED) is 0.358. The van der Waals surface area contributed by atoms with Gasteiger partial charge in [-0.3, -0.25) is 0 Å². The highest BCUT2D eigenvalue weighted by atomic mass is 16.5. The fourth-order valence-corrected chi connectivity index (χ4v) is 3.55. The van der Waals surface area contributed by atoms with Gasteiger partial charge in [-0.15, -0.1) is 0 Å². The van der Waals surface area contributed by atoms with Gasteiger partial charge in [-0.2, -0.15) is 0 Å². The summed E-state index contributed by atoms with van der Waals surface area (Å²) >= 11 is 0. The van der Waals surface area contributed by atoms with Gasteiger partial charge in [0.25, 0.3) is 0 Å². The smallest absolute Gasteiger partial charge is 0.0721 e. The number of hydrogen-bond donors (Lipinski definition) is 0. The third kappa shape index (κ3) is 6.65. The molecule has 0 aliphatic heterocycles. The summed E-state index contributed by atoms with van der Waals surface area (Å²) < 4.78 is 5.67. The summed E-state index contributed by atoms with van der Waals surface area (Å²) in [6.45, 7) is 5.78. The molecule has 1 aliphatic rings. The Morgan fingerprint density at radius 2 is 1.54 bits per heavy atom. The molecule has 0 bridgehead atoms. The van der Waals surface area contributed by atoms with Crippen molar-refractivity contribution in [2.75, 3.05) is 6.61 Å². The second-order valence-electron chi connectivity index (χ2n) is 6.97. The van der Waals surface area contributed by atoms with Crippen molar-refractivity contribution >= 4 is 0 Å². The van der Waals surface area contributed by atoms with Crippen molar-refractivity contribution in [3.63, 3.8) is 0 Å². The maximum atomic E-state index is 5.67. The average molecular weight is 327 g/mol. The van der Waals surface area contributed by atoms with Gasteiger partial charge in [-0.05, 0) is 67.9 Å².